The number of nitrogens with zero attached hydrogens (tertiary/aromatic N) is 1. The second kappa shape index (κ2) is 6.33. The molecule has 24 heavy (non-hydrogen) atoms. The lowest BCUT2D eigenvalue weighted by Crippen LogP contribution is -2.52. The standard InChI is InChI=1S/C17H17FN2O3S/c1-12-5-4-6-13(11-12)24(22,23)20-10-9-19-17(21)16(20)14-7-2-3-8-15(14)18/h2-8,11,16H,9-10H2,1H3,(H,19,21). The summed E-state index contributed by atoms with van der Waals surface area (Å²) >= 11 is 0. The minimum Gasteiger partial charge on any atom is -0.353 e. The maximum absolute atomic E-state index is 14.2. The molecule has 0 aromatic heterocycles. The summed E-state index contributed by atoms with van der Waals surface area (Å²) in [6.07, 6.45) is 0. The molecule has 1 N–H and O–H groups in total. The van der Waals surface area contributed by atoms with Crippen LogP contribution in [0.5, 0.6) is 0 Å². The number of amides is 1. The van der Waals surface area contributed by atoms with Gasteiger partial charge in [-0.05, 0) is 30.7 Å². The van der Waals surface area contributed by atoms with Crippen LogP contribution < -0.4 is 5.32 Å². The largest absolute Gasteiger partial charge is 0.353 e. The molecular weight excluding hydrogens is 331 g/mol. The van der Waals surface area contributed by atoms with Gasteiger partial charge in [-0.15, -0.1) is 0 Å². The van der Waals surface area contributed by atoms with Gasteiger partial charge in [0.25, 0.3) is 0 Å². The molecule has 0 saturated carbocycles. The molecule has 1 atom stereocenters. The summed E-state index contributed by atoms with van der Waals surface area (Å²) in [5.41, 5.74) is 0.839. The van der Waals surface area contributed by atoms with Crippen LogP contribution in [0.15, 0.2) is 53.4 Å². The molecule has 3 rings (SSSR count). The van der Waals surface area contributed by atoms with E-state index in [2.05, 4.69) is 5.32 Å². The predicted octanol–water partition coefficient (Wildman–Crippen LogP) is 2.00. The molecule has 0 bridgehead atoms. The monoisotopic (exact) mass is 348 g/mol. The fourth-order valence-corrected chi connectivity index (χ4v) is 4.48. The summed E-state index contributed by atoms with van der Waals surface area (Å²) in [7, 11) is -3.93. The highest BCUT2D eigenvalue weighted by atomic mass is 32.2. The first-order chi connectivity index (χ1) is 11.4. The number of sulfonamides is 1. The average molecular weight is 348 g/mol. The third-order valence-corrected chi connectivity index (χ3v) is 5.82. The van der Waals surface area contributed by atoms with Gasteiger partial charge < -0.3 is 5.32 Å². The Morgan fingerprint density at radius 1 is 1.17 bits per heavy atom. The molecule has 1 unspecified atom stereocenters. The number of piperazine rings is 1. The Labute approximate surface area is 140 Å². The molecule has 1 amide bonds. The van der Waals surface area contributed by atoms with Gasteiger partial charge in [0.2, 0.25) is 15.9 Å². The van der Waals surface area contributed by atoms with Crippen LogP contribution in [0.3, 0.4) is 0 Å². The number of benzene rings is 2. The average Bonchev–Trinajstić information content (AvgIpc) is 2.55. The van der Waals surface area contributed by atoms with Gasteiger partial charge in [0.05, 0.1) is 4.90 Å². The minimum atomic E-state index is -3.93. The zero-order chi connectivity index (χ0) is 17.3. The van der Waals surface area contributed by atoms with E-state index >= 15 is 0 Å². The van der Waals surface area contributed by atoms with Crippen molar-refractivity contribution >= 4 is 15.9 Å². The smallest absolute Gasteiger partial charge is 0.244 e. The Morgan fingerprint density at radius 3 is 2.62 bits per heavy atom. The summed E-state index contributed by atoms with van der Waals surface area (Å²) < 4.78 is 41.2. The maximum atomic E-state index is 14.2. The number of carbonyl (C=O) groups is 1. The van der Waals surface area contributed by atoms with E-state index in [1.165, 1.54) is 24.3 Å². The van der Waals surface area contributed by atoms with Gasteiger partial charge in [0, 0.05) is 18.7 Å². The molecule has 2 aromatic rings. The predicted molar refractivity (Wildman–Crippen MR) is 87.2 cm³/mol. The fraction of sp³-hybridized carbons (Fsp3) is 0.235. The molecule has 7 heteroatoms. The second-order valence-electron chi connectivity index (χ2n) is 5.65. The molecule has 5 nitrogen and oxygen atoms in total. The second-order valence-corrected chi connectivity index (χ2v) is 7.54. The van der Waals surface area contributed by atoms with E-state index in [0.29, 0.717) is 0 Å². The molecular formula is C17H17FN2O3S. The van der Waals surface area contributed by atoms with Crippen LogP contribution >= 0.6 is 0 Å². The van der Waals surface area contributed by atoms with Gasteiger partial charge >= 0.3 is 0 Å². The first-order valence-electron chi connectivity index (χ1n) is 7.52. The van der Waals surface area contributed by atoms with Crippen molar-refractivity contribution in [3.05, 3.63) is 65.5 Å². The molecule has 0 spiro atoms. The number of aryl methyl sites for hydroxylation is 1. The van der Waals surface area contributed by atoms with E-state index in [1.54, 1.807) is 31.2 Å². The van der Waals surface area contributed by atoms with Crippen LogP contribution in [-0.2, 0) is 14.8 Å². The summed E-state index contributed by atoms with van der Waals surface area (Å²) in [6.45, 7) is 2.06. The first kappa shape index (κ1) is 16.6. The van der Waals surface area contributed by atoms with Crippen molar-refractivity contribution in [1.29, 1.82) is 0 Å². The topological polar surface area (TPSA) is 66.5 Å². The van der Waals surface area contributed by atoms with Crippen molar-refractivity contribution in [2.75, 3.05) is 13.1 Å². The van der Waals surface area contributed by atoms with Crippen LogP contribution in [0.1, 0.15) is 17.2 Å². The summed E-state index contributed by atoms with van der Waals surface area (Å²) in [6, 6.07) is 11.0. The number of hydrogen-bond acceptors (Lipinski definition) is 3. The van der Waals surface area contributed by atoms with Gasteiger partial charge in [0.1, 0.15) is 11.9 Å². The van der Waals surface area contributed by atoms with Gasteiger partial charge in [-0.3, -0.25) is 4.79 Å². The van der Waals surface area contributed by atoms with Gasteiger partial charge in [-0.2, -0.15) is 4.31 Å². The highest BCUT2D eigenvalue weighted by Gasteiger charge is 2.40. The molecule has 0 radical (unpaired) electrons. The highest BCUT2D eigenvalue weighted by Crippen LogP contribution is 2.31. The van der Waals surface area contributed by atoms with E-state index in [0.717, 1.165) is 9.87 Å². The number of halogens is 1. The van der Waals surface area contributed by atoms with Crippen molar-refractivity contribution < 1.29 is 17.6 Å². The van der Waals surface area contributed by atoms with E-state index < -0.39 is 27.8 Å². The molecule has 1 aliphatic rings. The molecule has 1 fully saturated rings. The number of hydrogen-bond donors (Lipinski definition) is 1. The van der Waals surface area contributed by atoms with Crippen molar-refractivity contribution in [1.82, 2.24) is 9.62 Å². The van der Waals surface area contributed by atoms with Crippen LogP contribution in [0.25, 0.3) is 0 Å². The minimum absolute atomic E-state index is 0.0472. The van der Waals surface area contributed by atoms with Crippen LogP contribution in [0, 0.1) is 12.7 Å². The van der Waals surface area contributed by atoms with E-state index in [4.69, 9.17) is 0 Å². The van der Waals surface area contributed by atoms with Crippen LogP contribution in [0.4, 0.5) is 4.39 Å². The Kier molecular flexibility index (Phi) is 4.38. The fourth-order valence-electron chi connectivity index (χ4n) is 2.81. The Morgan fingerprint density at radius 2 is 1.92 bits per heavy atom. The molecule has 126 valence electrons. The molecule has 1 heterocycles. The maximum Gasteiger partial charge on any atom is 0.244 e. The third kappa shape index (κ3) is 2.92. The third-order valence-electron chi connectivity index (χ3n) is 3.96. The van der Waals surface area contributed by atoms with Crippen molar-refractivity contribution in [2.45, 2.75) is 17.9 Å². The lowest BCUT2D eigenvalue weighted by Gasteiger charge is -2.34. The van der Waals surface area contributed by atoms with Crippen molar-refractivity contribution in [2.24, 2.45) is 0 Å². The van der Waals surface area contributed by atoms with E-state index in [1.807, 2.05) is 0 Å². The molecule has 2 aromatic carbocycles. The summed E-state index contributed by atoms with van der Waals surface area (Å²) in [5, 5.41) is 2.61. The van der Waals surface area contributed by atoms with E-state index in [-0.39, 0.29) is 23.5 Å². The quantitative estimate of drug-likeness (QED) is 0.923. The van der Waals surface area contributed by atoms with Crippen LogP contribution in [-0.4, -0.2) is 31.7 Å². The number of nitrogens with one attached hydrogen (secondary N) is 1. The van der Waals surface area contributed by atoms with Crippen molar-refractivity contribution in [3.8, 4) is 0 Å². The molecule has 0 aliphatic carbocycles. The van der Waals surface area contributed by atoms with Gasteiger partial charge in [-0.1, -0.05) is 30.3 Å². The lowest BCUT2D eigenvalue weighted by molar-refractivity contribution is -0.127. The van der Waals surface area contributed by atoms with Gasteiger partial charge in [0.15, 0.2) is 0 Å². The zero-order valence-electron chi connectivity index (χ0n) is 13.1. The summed E-state index contributed by atoms with van der Waals surface area (Å²) in [4.78, 5) is 12.4. The Bertz CT molecular complexity index is 883. The normalized spacial score (nSPS) is 19.1. The molecule has 1 aliphatic heterocycles. The summed E-state index contributed by atoms with van der Waals surface area (Å²) in [5.74, 6) is -1.13. The highest BCUT2D eigenvalue weighted by molar-refractivity contribution is 7.89. The lowest BCUT2D eigenvalue weighted by atomic mass is 10.0. The van der Waals surface area contributed by atoms with Crippen LogP contribution in [0.2, 0.25) is 0 Å². The van der Waals surface area contributed by atoms with Crippen molar-refractivity contribution in [3.63, 3.8) is 0 Å². The number of rotatable bonds is 3. The molecule has 1 saturated heterocycles. The number of carbonyl (C=O) groups excluding carboxylic acids is 1. The first-order valence-corrected chi connectivity index (χ1v) is 8.96. The van der Waals surface area contributed by atoms with Gasteiger partial charge in [-0.25, -0.2) is 12.8 Å². The Balaban J connectivity index is 2.10. The zero-order valence-corrected chi connectivity index (χ0v) is 13.9. The Hall–Kier alpha value is -2.25. The van der Waals surface area contributed by atoms with E-state index in [9.17, 15) is 17.6 Å². The SMILES string of the molecule is Cc1cccc(S(=O)(=O)N2CCNC(=O)C2c2ccccc2F)c1.